The highest BCUT2D eigenvalue weighted by Gasteiger charge is 2.26. The molecule has 0 unspecified atom stereocenters. The number of carbonyl (C=O) groups excluding carboxylic acids is 2. The van der Waals surface area contributed by atoms with E-state index in [1.54, 1.807) is 29.1 Å². The first-order chi connectivity index (χ1) is 14.2. The molecule has 1 fully saturated rings. The van der Waals surface area contributed by atoms with Crippen molar-refractivity contribution in [2.45, 2.75) is 6.92 Å². The van der Waals surface area contributed by atoms with E-state index < -0.39 is 0 Å². The van der Waals surface area contributed by atoms with Gasteiger partial charge >= 0.3 is 6.09 Å². The number of aromatic nitrogens is 2. The molecule has 2 aromatic carbocycles. The minimum absolute atomic E-state index is 0.0240. The summed E-state index contributed by atoms with van der Waals surface area (Å²) in [6.07, 6.45) is 3.06. The van der Waals surface area contributed by atoms with E-state index in [2.05, 4.69) is 10.2 Å². The van der Waals surface area contributed by atoms with Gasteiger partial charge in [-0.15, -0.1) is 0 Å². The summed E-state index contributed by atoms with van der Waals surface area (Å²) in [5, 5.41) is 9.71. The van der Waals surface area contributed by atoms with Gasteiger partial charge in [-0.2, -0.15) is 10.2 Å². The molecule has 1 aliphatic rings. The monoisotopic (exact) mass is 390 g/mol. The van der Waals surface area contributed by atoms with Crippen molar-refractivity contribution in [2.75, 3.05) is 32.8 Å². The van der Waals surface area contributed by atoms with E-state index in [9.17, 15) is 9.59 Å². The summed E-state index contributed by atoms with van der Waals surface area (Å²) in [5.41, 5.74) is 2.63. The van der Waals surface area contributed by atoms with Crippen molar-refractivity contribution >= 4 is 22.8 Å². The second-order valence-corrected chi connectivity index (χ2v) is 6.82. The normalized spacial score (nSPS) is 14.1. The molecule has 0 saturated carbocycles. The third-order valence-electron chi connectivity index (χ3n) is 5.14. The lowest BCUT2D eigenvalue weighted by Gasteiger charge is -2.34. The van der Waals surface area contributed by atoms with Gasteiger partial charge in [-0.3, -0.25) is 4.79 Å². The third-order valence-corrected chi connectivity index (χ3v) is 5.14. The van der Waals surface area contributed by atoms with Gasteiger partial charge in [0.1, 0.15) is 0 Å². The number of nitrogens with zero attached hydrogens (tertiary/aromatic N) is 4. The predicted molar refractivity (Wildman–Crippen MR) is 109 cm³/mol. The summed E-state index contributed by atoms with van der Waals surface area (Å²) < 4.78 is 5.05. The maximum Gasteiger partial charge on any atom is 0.409 e. The Morgan fingerprint density at radius 3 is 2.38 bits per heavy atom. The summed E-state index contributed by atoms with van der Waals surface area (Å²) in [5.74, 6) is -0.0240. The van der Waals surface area contributed by atoms with Crippen LogP contribution in [0.25, 0.3) is 21.9 Å². The molecular formula is C22H22N4O3. The van der Waals surface area contributed by atoms with Gasteiger partial charge in [-0.1, -0.05) is 30.3 Å². The fourth-order valence-corrected chi connectivity index (χ4v) is 3.68. The van der Waals surface area contributed by atoms with Crippen molar-refractivity contribution in [3.05, 3.63) is 60.4 Å². The van der Waals surface area contributed by atoms with E-state index in [4.69, 9.17) is 4.74 Å². The number of carbonyl (C=O) groups is 2. The van der Waals surface area contributed by atoms with Crippen LogP contribution in [0.5, 0.6) is 0 Å². The molecule has 7 nitrogen and oxygen atoms in total. The molecule has 2 heterocycles. The minimum Gasteiger partial charge on any atom is -0.450 e. The highest BCUT2D eigenvalue weighted by molar-refractivity contribution is 6.10. The quantitative estimate of drug-likeness (QED) is 0.686. The number of fused-ring (bicyclic) bond motifs is 1. The van der Waals surface area contributed by atoms with Crippen LogP contribution in [-0.2, 0) is 4.74 Å². The summed E-state index contributed by atoms with van der Waals surface area (Å²) in [6, 6.07) is 13.6. The molecule has 0 N–H and O–H groups in total. The number of hydrogen-bond donors (Lipinski definition) is 0. The first kappa shape index (κ1) is 18.9. The van der Waals surface area contributed by atoms with Crippen molar-refractivity contribution in [1.82, 2.24) is 20.0 Å². The molecule has 0 aliphatic carbocycles. The van der Waals surface area contributed by atoms with E-state index in [0.717, 1.165) is 21.9 Å². The fourth-order valence-electron chi connectivity index (χ4n) is 3.68. The fraction of sp³-hybridized carbons (Fsp3) is 0.273. The number of benzene rings is 2. The molecule has 0 spiro atoms. The van der Waals surface area contributed by atoms with E-state index in [1.165, 1.54) is 0 Å². The Morgan fingerprint density at radius 2 is 1.66 bits per heavy atom. The van der Waals surface area contributed by atoms with E-state index in [-0.39, 0.29) is 12.0 Å². The Labute approximate surface area is 168 Å². The van der Waals surface area contributed by atoms with Crippen molar-refractivity contribution < 1.29 is 14.3 Å². The van der Waals surface area contributed by atoms with Gasteiger partial charge in [0.05, 0.1) is 19.0 Å². The molecule has 0 radical (unpaired) electrons. The number of rotatable bonds is 3. The maximum absolute atomic E-state index is 13.2. The Bertz CT molecular complexity index is 1030. The molecular weight excluding hydrogens is 368 g/mol. The number of hydrogen-bond acceptors (Lipinski definition) is 5. The molecule has 1 saturated heterocycles. The SMILES string of the molecule is CCOC(=O)N1CCN(C(=O)c2cccc3c(-c4ccnnc4)cccc23)CC1. The first-order valence-electron chi connectivity index (χ1n) is 9.69. The molecule has 0 bridgehead atoms. The largest absolute Gasteiger partial charge is 0.450 e. The van der Waals surface area contributed by atoms with Gasteiger partial charge in [0, 0.05) is 37.3 Å². The highest BCUT2D eigenvalue weighted by atomic mass is 16.6. The molecule has 1 aliphatic heterocycles. The van der Waals surface area contributed by atoms with Crippen molar-refractivity contribution in [3.8, 4) is 11.1 Å². The molecule has 148 valence electrons. The first-order valence-corrected chi connectivity index (χ1v) is 9.69. The number of amides is 2. The van der Waals surface area contributed by atoms with Crippen LogP contribution in [0.1, 0.15) is 17.3 Å². The molecule has 4 rings (SSSR count). The Kier molecular flexibility index (Phi) is 5.37. The average molecular weight is 390 g/mol. The maximum atomic E-state index is 13.2. The summed E-state index contributed by atoms with van der Waals surface area (Å²) in [7, 11) is 0. The van der Waals surface area contributed by atoms with Gasteiger partial charge in [0.15, 0.2) is 0 Å². The zero-order chi connectivity index (χ0) is 20.2. The molecule has 2 amide bonds. The Morgan fingerprint density at radius 1 is 0.931 bits per heavy atom. The summed E-state index contributed by atoms with van der Waals surface area (Å²) in [4.78, 5) is 28.6. The van der Waals surface area contributed by atoms with Crippen LogP contribution < -0.4 is 0 Å². The Balaban J connectivity index is 1.60. The van der Waals surface area contributed by atoms with Gasteiger partial charge in [-0.25, -0.2) is 4.79 Å². The summed E-state index contributed by atoms with van der Waals surface area (Å²) >= 11 is 0. The number of ether oxygens (including phenoxy) is 1. The van der Waals surface area contributed by atoms with Gasteiger partial charge in [0.25, 0.3) is 5.91 Å². The van der Waals surface area contributed by atoms with Crippen LogP contribution in [0.2, 0.25) is 0 Å². The van der Waals surface area contributed by atoms with Crippen LogP contribution in [0.3, 0.4) is 0 Å². The van der Waals surface area contributed by atoms with Crippen molar-refractivity contribution in [3.63, 3.8) is 0 Å². The third kappa shape index (κ3) is 3.76. The van der Waals surface area contributed by atoms with Crippen LogP contribution in [0.15, 0.2) is 54.9 Å². The predicted octanol–water partition coefficient (Wildman–Crippen LogP) is 3.21. The van der Waals surface area contributed by atoms with Crippen LogP contribution in [-0.4, -0.2) is 64.8 Å². The van der Waals surface area contributed by atoms with Gasteiger partial charge < -0.3 is 14.5 Å². The second kappa shape index (κ2) is 8.26. The molecule has 29 heavy (non-hydrogen) atoms. The van der Waals surface area contributed by atoms with Crippen LogP contribution in [0.4, 0.5) is 4.79 Å². The van der Waals surface area contributed by atoms with Crippen molar-refractivity contribution in [2.24, 2.45) is 0 Å². The molecule has 1 aromatic heterocycles. The lowest BCUT2D eigenvalue weighted by molar-refractivity contribution is 0.0572. The topological polar surface area (TPSA) is 75.6 Å². The second-order valence-electron chi connectivity index (χ2n) is 6.82. The molecule has 0 atom stereocenters. The minimum atomic E-state index is -0.319. The van der Waals surface area contributed by atoms with E-state index >= 15 is 0 Å². The van der Waals surface area contributed by atoms with Crippen molar-refractivity contribution in [1.29, 1.82) is 0 Å². The molecule has 3 aromatic rings. The lowest BCUT2D eigenvalue weighted by atomic mass is 9.96. The van der Waals surface area contributed by atoms with Gasteiger partial charge in [-0.05, 0) is 35.4 Å². The highest BCUT2D eigenvalue weighted by Crippen LogP contribution is 2.30. The zero-order valence-electron chi connectivity index (χ0n) is 16.2. The smallest absolute Gasteiger partial charge is 0.409 e. The zero-order valence-corrected chi connectivity index (χ0v) is 16.2. The summed E-state index contributed by atoms with van der Waals surface area (Å²) in [6.45, 7) is 4.06. The van der Waals surface area contributed by atoms with Crippen LogP contribution >= 0.6 is 0 Å². The standard InChI is InChI=1S/C22H22N4O3/c1-2-29-22(28)26-13-11-25(12-14-26)21(27)20-8-4-6-18-17(5-3-7-19(18)20)16-9-10-23-24-15-16/h3-10,15H,2,11-14H2,1H3. The lowest BCUT2D eigenvalue weighted by Crippen LogP contribution is -2.50. The molecule has 7 heteroatoms. The average Bonchev–Trinajstić information content (AvgIpc) is 2.78. The van der Waals surface area contributed by atoms with E-state index in [0.29, 0.717) is 38.3 Å². The Hall–Kier alpha value is -3.48. The van der Waals surface area contributed by atoms with Gasteiger partial charge in [0.2, 0.25) is 0 Å². The van der Waals surface area contributed by atoms with Crippen LogP contribution in [0, 0.1) is 0 Å². The number of piperazine rings is 1. The van der Waals surface area contributed by atoms with E-state index in [1.807, 2.05) is 42.5 Å².